The Bertz CT molecular complexity index is 1320. The van der Waals surface area contributed by atoms with Crippen LogP contribution < -0.4 is 4.80 Å². The molecular formula is C19H16Cl2FN3O3S2. The van der Waals surface area contributed by atoms with E-state index < -0.39 is 27.8 Å². The van der Waals surface area contributed by atoms with Crippen molar-refractivity contribution in [3.63, 3.8) is 0 Å². The van der Waals surface area contributed by atoms with Gasteiger partial charge in [-0.05, 0) is 49.2 Å². The molecule has 3 aromatic rings. The number of amides is 1. The van der Waals surface area contributed by atoms with Crippen molar-refractivity contribution in [1.29, 1.82) is 0 Å². The minimum absolute atomic E-state index is 0.0579. The lowest BCUT2D eigenvalue weighted by atomic mass is 10.2. The fourth-order valence-electron chi connectivity index (χ4n) is 3.46. The number of carbonyl (C=O) groups excluding carboxylic acids is 1. The number of thiazole rings is 1. The van der Waals surface area contributed by atoms with Crippen molar-refractivity contribution in [2.45, 2.75) is 23.8 Å². The van der Waals surface area contributed by atoms with Crippen molar-refractivity contribution in [1.82, 2.24) is 8.87 Å². The number of halogens is 3. The molecule has 2 aromatic carbocycles. The highest BCUT2D eigenvalue weighted by atomic mass is 35.5. The molecule has 0 N–H and O–H groups in total. The summed E-state index contributed by atoms with van der Waals surface area (Å²) in [5.74, 6) is -1.09. The molecule has 0 radical (unpaired) electrons. The van der Waals surface area contributed by atoms with Crippen molar-refractivity contribution in [3.05, 3.63) is 57.1 Å². The standard InChI is InChI=1S/C19H16Cl2FN3O3S2/c1-24-17-15(9-8-13(20)16(17)21)29-19(24)23-18(26)14-3-2-10-25(14)30(27,28)12-6-4-11(22)5-7-12/h4-9,14H,2-3,10H2,1H3. The van der Waals surface area contributed by atoms with Crippen LogP contribution in [0.25, 0.3) is 10.2 Å². The monoisotopic (exact) mass is 487 g/mol. The van der Waals surface area contributed by atoms with Crippen LogP contribution in [0.1, 0.15) is 12.8 Å². The number of hydrogen-bond acceptors (Lipinski definition) is 4. The average Bonchev–Trinajstić information content (AvgIpc) is 3.32. The molecule has 1 atom stereocenters. The van der Waals surface area contributed by atoms with Gasteiger partial charge in [0.15, 0.2) is 4.80 Å². The summed E-state index contributed by atoms with van der Waals surface area (Å²) in [5, 5.41) is 0.756. The van der Waals surface area contributed by atoms with Crippen molar-refractivity contribution in [2.75, 3.05) is 6.54 Å². The van der Waals surface area contributed by atoms with E-state index >= 15 is 0 Å². The van der Waals surface area contributed by atoms with Crippen molar-refractivity contribution < 1.29 is 17.6 Å². The first-order valence-electron chi connectivity index (χ1n) is 8.99. The maximum absolute atomic E-state index is 13.2. The highest BCUT2D eigenvalue weighted by Crippen LogP contribution is 2.32. The quantitative estimate of drug-likeness (QED) is 0.560. The van der Waals surface area contributed by atoms with E-state index in [1.165, 1.54) is 23.5 Å². The molecule has 0 bridgehead atoms. The van der Waals surface area contributed by atoms with E-state index in [1.54, 1.807) is 23.7 Å². The molecule has 0 aliphatic carbocycles. The zero-order valence-electron chi connectivity index (χ0n) is 15.7. The predicted molar refractivity (Wildman–Crippen MR) is 115 cm³/mol. The first-order valence-corrected chi connectivity index (χ1v) is 12.0. The first-order chi connectivity index (χ1) is 14.2. The van der Waals surface area contributed by atoms with Crippen LogP contribution in [-0.2, 0) is 21.9 Å². The second kappa shape index (κ2) is 8.05. The van der Waals surface area contributed by atoms with Gasteiger partial charge in [-0.15, -0.1) is 0 Å². The molecule has 11 heteroatoms. The van der Waals surface area contributed by atoms with Crippen LogP contribution in [0.2, 0.25) is 10.0 Å². The van der Waals surface area contributed by atoms with Gasteiger partial charge in [0.25, 0.3) is 5.91 Å². The second-order valence-electron chi connectivity index (χ2n) is 6.83. The van der Waals surface area contributed by atoms with Crippen LogP contribution in [0.4, 0.5) is 4.39 Å². The van der Waals surface area contributed by atoms with Gasteiger partial charge in [-0.2, -0.15) is 9.30 Å². The number of benzene rings is 2. The third-order valence-electron chi connectivity index (χ3n) is 4.97. The molecule has 1 unspecified atom stereocenters. The van der Waals surface area contributed by atoms with Crippen LogP contribution in [0.3, 0.4) is 0 Å². The molecule has 2 heterocycles. The molecule has 1 amide bonds. The number of aromatic nitrogens is 1. The topological polar surface area (TPSA) is 71.7 Å². The number of carbonyl (C=O) groups is 1. The van der Waals surface area contributed by atoms with Gasteiger partial charge in [-0.3, -0.25) is 4.79 Å². The second-order valence-corrected chi connectivity index (χ2v) is 10.5. The number of hydrogen-bond donors (Lipinski definition) is 0. The minimum atomic E-state index is -3.95. The van der Waals surface area contributed by atoms with E-state index in [4.69, 9.17) is 23.2 Å². The van der Waals surface area contributed by atoms with Crippen LogP contribution >= 0.6 is 34.5 Å². The Hall–Kier alpha value is -1.78. The summed E-state index contributed by atoms with van der Waals surface area (Å²) >= 11 is 13.6. The van der Waals surface area contributed by atoms with E-state index in [9.17, 15) is 17.6 Å². The largest absolute Gasteiger partial charge is 0.318 e. The van der Waals surface area contributed by atoms with Crippen molar-refractivity contribution >= 4 is 60.7 Å². The molecule has 0 saturated carbocycles. The van der Waals surface area contributed by atoms with Crippen LogP contribution in [0.15, 0.2) is 46.3 Å². The summed E-state index contributed by atoms with van der Waals surface area (Å²) in [6.07, 6.45) is 0.899. The highest BCUT2D eigenvalue weighted by Gasteiger charge is 2.39. The Kier molecular flexibility index (Phi) is 5.75. The third-order valence-corrected chi connectivity index (χ3v) is 8.78. The van der Waals surface area contributed by atoms with Gasteiger partial charge in [0.2, 0.25) is 10.0 Å². The molecular weight excluding hydrogens is 472 g/mol. The number of aryl methyl sites for hydroxylation is 1. The van der Waals surface area contributed by atoms with Crippen molar-refractivity contribution in [2.24, 2.45) is 12.0 Å². The van der Waals surface area contributed by atoms with Gasteiger partial charge in [0.1, 0.15) is 11.9 Å². The van der Waals surface area contributed by atoms with E-state index in [-0.39, 0.29) is 11.4 Å². The lowest BCUT2D eigenvalue weighted by Gasteiger charge is -2.21. The first kappa shape index (κ1) is 21.5. The molecule has 1 fully saturated rings. The lowest BCUT2D eigenvalue weighted by molar-refractivity contribution is -0.121. The average molecular weight is 488 g/mol. The maximum atomic E-state index is 13.2. The number of sulfonamides is 1. The molecule has 158 valence electrons. The normalized spacial score (nSPS) is 18.4. The van der Waals surface area contributed by atoms with E-state index in [1.807, 2.05) is 0 Å². The lowest BCUT2D eigenvalue weighted by Crippen LogP contribution is -2.40. The fraction of sp³-hybridized carbons (Fsp3) is 0.263. The van der Waals surface area contributed by atoms with Gasteiger partial charge in [0.05, 0.1) is 25.2 Å². The van der Waals surface area contributed by atoms with Crippen LogP contribution in [-0.4, -0.2) is 35.8 Å². The van der Waals surface area contributed by atoms with Gasteiger partial charge in [-0.1, -0.05) is 34.5 Å². The van der Waals surface area contributed by atoms with Gasteiger partial charge < -0.3 is 4.57 Å². The Morgan fingerprint density at radius 2 is 1.90 bits per heavy atom. The van der Waals surface area contributed by atoms with Crippen LogP contribution in [0.5, 0.6) is 0 Å². The molecule has 1 aliphatic rings. The maximum Gasteiger partial charge on any atom is 0.266 e. The SMILES string of the molecule is Cn1c(=NC(=O)C2CCCN2S(=O)(=O)c2ccc(F)cc2)sc2ccc(Cl)c(Cl)c21. The Labute approximate surface area is 186 Å². The summed E-state index contributed by atoms with van der Waals surface area (Å²) in [6, 6.07) is 7.09. The highest BCUT2D eigenvalue weighted by molar-refractivity contribution is 7.89. The van der Waals surface area contributed by atoms with Crippen LogP contribution in [0, 0.1) is 5.82 Å². The summed E-state index contributed by atoms with van der Waals surface area (Å²) in [5.41, 5.74) is 0.655. The zero-order valence-corrected chi connectivity index (χ0v) is 18.8. The van der Waals surface area contributed by atoms with Gasteiger partial charge >= 0.3 is 0 Å². The summed E-state index contributed by atoms with van der Waals surface area (Å²) < 4.78 is 42.8. The summed E-state index contributed by atoms with van der Waals surface area (Å²) in [6.45, 7) is 0.200. The molecule has 4 rings (SSSR count). The Balaban J connectivity index is 1.71. The third kappa shape index (κ3) is 3.69. The minimum Gasteiger partial charge on any atom is -0.318 e. The smallest absolute Gasteiger partial charge is 0.266 e. The summed E-state index contributed by atoms with van der Waals surface area (Å²) in [7, 11) is -2.23. The number of rotatable bonds is 3. The molecule has 1 aliphatic heterocycles. The Morgan fingerprint density at radius 1 is 1.20 bits per heavy atom. The van der Waals surface area contributed by atoms with Crippen molar-refractivity contribution in [3.8, 4) is 0 Å². The predicted octanol–water partition coefficient (Wildman–Crippen LogP) is 3.97. The number of fused-ring (bicyclic) bond motifs is 1. The van der Waals surface area contributed by atoms with Gasteiger partial charge in [0, 0.05) is 13.6 Å². The molecule has 1 aromatic heterocycles. The molecule has 1 saturated heterocycles. The molecule has 0 spiro atoms. The Morgan fingerprint density at radius 3 is 2.60 bits per heavy atom. The number of nitrogens with zero attached hydrogens (tertiary/aromatic N) is 3. The van der Waals surface area contributed by atoms with E-state index in [2.05, 4.69) is 4.99 Å². The van der Waals surface area contributed by atoms with E-state index in [0.29, 0.717) is 33.2 Å². The molecule has 30 heavy (non-hydrogen) atoms. The van der Waals surface area contributed by atoms with E-state index in [0.717, 1.165) is 21.1 Å². The molecule has 6 nitrogen and oxygen atoms in total. The zero-order chi connectivity index (χ0) is 21.6. The fourth-order valence-corrected chi connectivity index (χ4v) is 6.65. The summed E-state index contributed by atoms with van der Waals surface area (Å²) in [4.78, 5) is 17.5. The van der Waals surface area contributed by atoms with Gasteiger partial charge in [-0.25, -0.2) is 12.8 Å².